The van der Waals surface area contributed by atoms with Gasteiger partial charge in [-0.15, -0.1) is 11.3 Å². The Morgan fingerprint density at radius 1 is 0.653 bits per heavy atom. The molecule has 0 unspecified atom stereocenters. The molecule has 0 fully saturated rings. The minimum absolute atomic E-state index is 0.709. The summed E-state index contributed by atoms with van der Waals surface area (Å²) in [6.07, 6.45) is 4.59. The Labute approximate surface area is 303 Å². The molecule has 0 N–H and O–H groups in total. The van der Waals surface area contributed by atoms with Gasteiger partial charge in [0, 0.05) is 30.9 Å². The number of furan rings is 1. The zero-order valence-electron chi connectivity index (χ0n) is 30.5. The van der Waals surface area contributed by atoms with E-state index in [0.29, 0.717) is 6.61 Å². The fourth-order valence-corrected chi connectivity index (χ4v) is 4.68. The van der Waals surface area contributed by atoms with Crippen molar-refractivity contribution in [3.05, 3.63) is 195 Å². The number of rotatable bonds is 3. The van der Waals surface area contributed by atoms with Crippen molar-refractivity contribution in [3.63, 3.8) is 0 Å². The van der Waals surface area contributed by atoms with Gasteiger partial charge < -0.3 is 9.15 Å². The third-order valence-corrected chi connectivity index (χ3v) is 8.00. The first kappa shape index (κ1) is 42.5. The molecule has 0 saturated carbocycles. The van der Waals surface area contributed by atoms with Crippen LogP contribution in [0.2, 0.25) is 0 Å². The average Bonchev–Trinajstić information content (AvgIpc) is 3.97. The molecule has 0 spiro atoms. The van der Waals surface area contributed by atoms with Crippen LogP contribution in [-0.4, -0.2) is 16.9 Å². The molecule has 7 rings (SSSR count). The number of hydrogen-bond acceptors (Lipinski definition) is 5. The molecule has 6 heteroatoms. The predicted molar refractivity (Wildman–Crippen MR) is 214 cm³/mol. The number of methoxy groups -OCH3 is 1. The van der Waals surface area contributed by atoms with Gasteiger partial charge in [-0.2, -0.15) is 16.4 Å². The minimum atomic E-state index is 0.709. The van der Waals surface area contributed by atoms with E-state index in [-0.39, 0.29) is 0 Å². The molecule has 260 valence electrons. The summed E-state index contributed by atoms with van der Waals surface area (Å²) in [5.41, 5.74) is 6.51. The van der Waals surface area contributed by atoms with Crippen molar-refractivity contribution in [1.82, 2.24) is 9.78 Å². The van der Waals surface area contributed by atoms with Crippen LogP contribution in [0.3, 0.4) is 0 Å². The molecule has 0 aliphatic rings. The van der Waals surface area contributed by atoms with E-state index in [4.69, 9.17) is 9.15 Å². The van der Waals surface area contributed by atoms with Crippen molar-refractivity contribution < 1.29 is 9.15 Å². The molecule has 3 aromatic carbocycles. The topological polar surface area (TPSA) is 40.2 Å². The van der Waals surface area contributed by atoms with E-state index in [1.165, 1.54) is 32.8 Å². The van der Waals surface area contributed by atoms with Gasteiger partial charge in [0.15, 0.2) is 0 Å². The first-order valence-corrected chi connectivity index (χ1v) is 18.1. The van der Waals surface area contributed by atoms with Gasteiger partial charge in [0.2, 0.25) is 0 Å². The largest absolute Gasteiger partial charge is 0.470 e. The van der Waals surface area contributed by atoms with Crippen LogP contribution >= 0.6 is 22.7 Å². The van der Waals surface area contributed by atoms with Gasteiger partial charge in [0.25, 0.3) is 0 Å². The second-order valence-electron chi connectivity index (χ2n) is 10.8. The fourth-order valence-electron chi connectivity index (χ4n) is 3.48. The summed E-state index contributed by atoms with van der Waals surface area (Å²) in [7, 11) is 3.63. The monoisotopic (exact) mass is 694 g/mol. The van der Waals surface area contributed by atoms with Crippen LogP contribution in [0.25, 0.3) is 0 Å². The molecule has 0 saturated heterocycles. The summed E-state index contributed by atoms with van der Waals surface area (Å²) in [6, 6.07) is 42.8. The Balaban J connectivity index is 0.000000287. The van der Waals surface area contributed by atoms with Crippen molar-refractivity contribution >= 4 is 22.7 Å². The highest BCUT2D eigenvalue weighted by molar-refractivity contribution is 7.09. The van der Waals surface area contributed by atoms with Gasteiger partial charge in [0.05, 0.1) is 12.9 Å². The molecule has 0 aliphatic carbocycles. The average molecular weight is 695 g/mol. The lowest BCUT2D eigenvalue weighted by Crippen LogP contribution is -1.90. The van der Waals surface area contributed by atoms with E-state index in [1.54, 1.807) is 42.2 Å². The van der Waals surface area contributed by atoms with Gasteiger partial charge in [-0.3, -0.25) is 4.68 Å². The molecular formula is C43H54N2O2S2. The Kier molecular flexibility index (Phi) is 24.8. The summed E-state index contributed by atoms with van der Waals surface area (Å²) in [6.45, 7) is 13.1. The zero-order valence-corrected chi connectivity index (χ0v) is 32.1. The maximum Gasteiger partial charge on any atom is 0.100 e. The Bertz CT molecular complexity index is 1540. The molecule has 0 aliphatic heterocycles. The number of hydrogen-bond donors (Lipinski definition) is 0. The summed E-state index contributed by atoms with van der Waals surface area (Å²) in [5.74, 6) is 0.968. The zero-order chi connectivity index (χ0) is 36.0. The van der Waals surface area contributed by atoms with Crippen LogP contribution in [0.5, 0.6) is 0 Å². The van der Waals surface area contributed by atoms with E-state index in [0.717, 1.165) is 12.2 Å². The normalized spacial score (nSPS) is 9.06. The highest BCUT2D eigenvalue weighted by atomic mass is 32.1. The van der Waals surface area contributed by atoms with Crippen LogP contribution < -0.4 is 0 Å². The van der Waals surface area contributed by atoms with Gasteiger partial charge in [-0.25, -0.2) is 0 Å². The standard InChI is InChI=1S/C8H10O.C8H10.C7H8.C5H8N2.C5H6O.2C5H6S/c1-9-7-8-5-3-2-4-6-8;1-2-8-6-4-3-5-7-8;1-7-5-3-2-4-6-7;1-5-3-4-6-7(5)2;1-5-3-2-4-6-5;1-5-2-3-6-4-5;1-5-3-2-4-6-5/h2-6H,7H2,1H3;3-7H,2H2,1H3;2-6H,1H3;3-4H,1-2H3;3*2-4H,1H3. The quantitative estimate of drug-likeness (QED) is 0.185. The summed E-state index contributed by atoms with van der Waals surface area (Å²) < 4.78 is 11.6. The molecule has 0 atom stereocenters. The number of aryl methyl sites for hydroxylation is 7. The molecule has 4 nitrogen and oxygen atoms in total. The second kappa shape index (κ2) is 28.5. The first-order valence-electron chi connectivity index (χ1n) is 16.3. The van der Waals surface area contributed by atoms with Crippen molar-refractivity contribution in [2.24, 2.45) is 7.05 Å². The van der Waals surface area contributed by atoms with Crippen molar-refractivity contribution in [3.8, 4) is 0 Å². The van der Waals surface area contributed by atoms with Crippen molar-refractivity contribution in [2.45, 2.75) is 54.6 Å². The van der Waals surface area contributed by atoms with E-state index < -0.39 is 0 Å². The third-order valence-electron chi connectivity index (χ3n) is 6.40. The molecule has 0 bridgehead atoms. The number of ether oxygens (including phenoxy) is 1. The van der Waals surface area contributed by atoms with Gasteiger partial charge >= 0.3 is 0 Å². The van der Waals surface area contributed by atoms with Crippen LogP contribution in [0.1, 0.15) is 45.5 Å². The first-order chi connectivity index (χ1) is 23.7. The lowest BCUT2D eigenvalue weighted by atomic mass is 10.2. The second-order valence-corrected chi connectivity index (χ2v) is 12.7. The fraction of sp³-hybridized carbons (Fsp3) is 0.233. The molecule has 0 amide bonds. The summed E-state index contributed by atoms with van der Waals surface area (Å²) >= 11 is 3.52. The molecule has 7 aromatic rings. The lowest BCUT2D eigenvalue weighted by molar-refractivity contribution is 0.185. The lowest BCUT2D eigenvalue weighted by Gasteiger charge is -1.95. The number of aromatic nitrogens is 2. The minimum Gasteiger partial charge on any atom is -0.470 e. The molecule has 49 heavy (non-hydrogen) atoms. The van der Waals surface area contributed by atoms with Crippen LogP contribution in [0, 0.1) is 34.6 Å². The van der Waals surface area contributed by atoms with E-state index >= 15 is 0 Å². The van der Waals surface area contributed by atoms with E-state index in [9.17, 15) is 0 Å². The van der Waals surface area contributed by atoms with Crippen LogP contribution in [-0.2, 0) is 24.8 Å². The molecular weight excluding hydrogens is 641 g/mol. The smallest absolute Gasteiger partial charge is 0.100 e. The molecule has 4 heterocycles. The van der Waals surface area contributed by atoms with Crippen molar-refractivity contribution in [1.29, 1.82) is 0 Å². The predicted octanol–water partition coefficient (Wildman–Crippen LogP) is 12.5. The number of thiophene rings is 2. The Morgan fingerprint density at radius 2 is 1.27 bits per heavy atom. The summed E-state index contributed by atoms with van der Waals surface area (Å²) in [5, 5.41) is 10.2. The number of benzene rings is 3. The van der Waals surface area contributed by atoms with Crippen LogP contribution in [0.4, 0.5) is 0 Å². The van der Waals surface area contributed by atoms with Crippen LogP contribution in [0.15, 0.2) is 160 Å². The SMILES string of the molecule is CCc1ccccc1.COCc1ccccc1.Cc1ccccc1.Cc1ccco1.Cc1cccs1.Cc1ccnn1C.Cc1ccsc1. The van der Waals surface area contributed by atoms with E-state index in [1.807, 2.05) is 98.4 Å². The highest BCUT2D eigenvalue weighted by Gasteiger charge is 1.85. The summed E-state index contributed by atoms with van der Waals surface area (Å²) in [4.78, 5) is 1.38. The Morgan fingerprint density at radius 3 is 1.49 bits per heavy atom. The van der Waals surface area contributed by atoms with Crippen molar-refractivity contribution in [2.75, 3.05) is 7.11 Å². The van der Waals surface area contributed by atoms with Gasteiger partial charge in [-0.1, -0.05) is 110 Å². The van der Waals surface area contributed by atoms with Gasteiger partial charge in [0.1, 0.15) is 5.76 Å². The number of nitrogens with zero attached hydrogens (tertiary/aromatic N) is 2. The maximum atomic E-state index is 4.93. The maximum absolute atomic E-state index is 4.93. The third kappa shape index (κ3) is 24.3. The van der Waals surface area contributed by atoms with E-state index in [2.05, 4.69) is 104 Å². The Hall–Kier alpha value is -4.49. The molecule has 4 aromatic heterocycles. The highest BCUT2D eigenvalue weighted by Crippen LogP contribution is 2.04. The van der Waals surface area contributed by atoms with Gasteiger partial charge in [-0.05, 0) is 104 Å². The molecule has 0 radical (unpaired) electrons.